The molecule has 20 heavy (non-hydrogen) atoms. The summed E-state index contributed by atoms with van der Waals surface area (Å²) in [7, 11) is 0. The molecule has 0 saturated carbocycles. The number of nitrogens with zero attached hydrogens (tertiary/aromatic N) is 2. The first-order chi connectivity index (χ1) is 9.86. The maximum absolute atomic E-state index is 4.57. The van der Waals surface area contributed by atoms with Crippen LogP contribution >= 0.6 is 0 Å². The molecule has 0 aliphatic carbocycles. The lowest BCUT2D eigenvalue weighted by molar-refractivity contribution is 0.966. The number of hydrogen-bond acceptors (Lipinski definition) is 3. The second-order valence-electron chi connectivity index (χ2n) is 4.75. The van der Waals surface area contributed by atoms with E-state index in [2.05, 4.69) is 52.5 Å². The average molecular weight is 263 g/mol. The molecule has 0 aliphatic rings. The summed E-state index contributed by atoms with van der Waals surface area (Å²) in [4.78, 5) is 8.94. The molecule has 0 amide bonds. The van der Waals surface area contributed by atoms with Crippen molar-refractivity contribution in [3.63, 3.8) is 0 Å². The number of nitrogens with one attached hydrogen (secondary N) is 1. The highest BCUT2D eigenvalue weighted by molar-refractivity contribution is 5.86. The molecule has 0 fully saturated rings. The number of benzene rings is 2. The summed E-state index contributed by atoms with van der Waals surface area (Å²) in [5, 5.41) is 5.73. The minimum Gasteiger partial charge on any atom is -0.370 e. The Morgan fingerprint density at radius 3 is 2.70 bits per heavy atom. The Morgan fingerprint density at radius 1 is 1.00 bits per heavy atom. The van der Waals surface area contributed by atoms with E-state index in [1.54, 1.807) is 6.20 Å². The van der Waals surface area contributed by atoms with E-state index < -0.39 is 0 Å². The fourth-order valence-corrected chi connectivity index (χ4v) is 2.18. The van der Waals surface area contributed by atoms with Crippen LogP contribution in [0, 0.1) is 0 Å². The third-order valence-electron chi connectivity index (χ3n) is 3.22. The second-order valence-corrected chi connectivity index (χ2v) is 4.75. The summed E-state index contributed by atoms with van der Waals surface area (Å²) in [5.41, 5.74) is 1.05. The second kappa shape index (κ2) is 5.70. The molecule has 3 rings (SSSR count). The maximum atomic E-state index is 4.57. The van der Waals surface area contributed by atoms with Crippen LogP contribution in [0.25, 0.3) is 22.2 Å². The minimum atomic E-state index is 0.761. The van der Waals surface area contributed by atoms with Gasteiger partial charge < -0.3 is 5.32 Å². The molecule has 100 valence electrons. The third-order valence-corrected chi connectivity index (χ3v) is 3.22. The van der Waals surface area contributed by atoms with Crippen LogP contribution in [0.3, 0.4) is 0 Å². The van der Waals surface area contributed by atoms with Gasteiger partial charge in [-0.15, -0.1) is 0 Å². The highest BCUT2D eigenvalue weighted by Crippen LogP contribution is 2.22. The average Bonchev–Trinajstić information content (AvgIpc) is 2.53. The van der Waals surface area contributed by atoms with Crippen LogP contribution in [0.1, 0.15) is 13.3 Å². The van der Waals surface area contributed by atoms with Crippen molar-refractivity contribution in [2.75, 3.05) is 11.9 Å². The van der Waals surface area contributed by atoms with Crippen molar-refractivity contribution in [1.29, 1.82) is 0 Å². The Bertz CT molecular complexity index is 722. The van der Waals surface area contributed by atoms with Gasteiger partial charge in [-0.2, -0.15) is 0 Å². The van der Waals surface area contributed by atoms with Crippen LogP contribution in [-0.4, -0.2) is 16.5 Å². The van der Waals surface area contributed by atoms with Crippen LogP contribution in [0.15, 0.2) is 54.7 Å². The lowest BCUT2D eigenvalue weighted by Crippen LogP contribution is -2.02. The number of aromatic nitrogens is 2. The van der Waals surface area contributed by atoms with Crippen molar-refractivity contribution >= 4 is 16.6 Å². The van der Waals surface area contributed by atoms with Crippen LogP contribution in [-0.2, 0) is 0 Å². The number of fused-ring (bicyclic) bond motifs is 1. The molecule has 0 radical (unpaired) electrons. The Hall–Kier alpha value is -2.42. The molecule has 3 heteroatoms. The highest BCUT2D eigenvalue weighted by atomic mass is 15.0. The highest BCUT2D eigenvalue weighted by Gasteiger charge is 2.03. The summed E-state index contributed by atoms with van der Waals surface area (Å²) in [6.45, 7) is 3.06. The lowest BCUT2D eigenvalue weighted by atomic mass is 10.1. The first-order valence-electron chi connectivity index (χ1n) is 6.93. The van der Waals surface area contributed by atoms with E-state index >= 15 is 0 Å². The molecular weight excluding hydrogens is 246 g/mol. The zero-order chi connectivity index (χ0) is 13.8. The predicted molar refractivity (Wildman–Crippen MR) is 83.8 cm³/mol. The van der Waals surface area contributed by atoms with Gasteiger partial charge in [-0.3, -0.25) is 0 Å². The van der Waals surface area contributed by atoms with Crippen molar-refractivity contribution in [1.82, 2.24) is 9.97 Å². The van der Waals surface area contributed by atoms with Crippen molar-refractivity contribution in [2.24, 2.45) is 0 Å². The summed E-state index contributed by atoms with van der Waals surface area (Å²) >= 11 is 0. The van der Waals surface area contributed by atoms with Gasteiger partial charge >= 0.3 is 0 Å². The molecule has 0 spiro atoms. The van der Waals surface area contributed by atoms with Gasteiger partial charge in [0.2, 0.25) is 0 Å². The van der Waals surface area contributed by atoms with Crippen LogP contribution < -0.4 is 5.32 Å². The molecule has 0 atom stereocenters. The molecule has 1 N–H and O–H groups in total. The zero-order valence-corrected chi connectivity index (χ0v) is 11.5. The summed E-state index contributed by atoms with van der Waals surface area (Å²) in [6.07, 6.45) is 2.88. The van der Waals surface area contributed by atoms with Gasteiger partial charge in [-0.25, -0.2) is 9.97 Å². The van der Waals surface area contributed by atoms with Crippen LogP contribution in [0.5, 0.6) is 0 Å². The fourth-order valence-electron chi connectivity index (χ4n) is 2.18. The monoisotopic (exact) mass is 263 g/mol. The topological polar surface area (TPSA) is 37.8 Å². The number of hydrogen-bond donors (Lipinski definition) is 1. The van der Waals surface area contributed by atoms with Gasteiger partial charge in [0, 0.05) is 18.3 Å². The van der Waals surface area contributed by atoms with E-state index in [0.717, 1.165) is 30.2 Å². The van der Waals surface area contributed by atoms with Gasteiger partial charge in [-0.1, -0.05) is 43.3 Å². The minimum absolute atomic E-state index is 0.761. The van der Waals surface area contributed by atoms with E-state index in [1.165, 1.54) is 10.8 Å². The lowest BCUT2D eigenvalue weighted by Gasteiger charge is -2.06. The van der Waals surface area contributed by atoms with E-state index in [1.807, 2.05) is 18.2 Å². The smallest absolute Gasteiger partial charge is 0.161 e. The number of anilines is 1. The molecule has 0 aliphatic heterocycles. The van der Waals surface area contributed by atoms with E-state index in [0.29, 0.717) is 0 Å². The normalized spacial score (nSPS) is 10.7. The van der Waals surface area contributed by atoms with E-state index in [9.17, 15) is 0 Å². The molecule has 0 bridgehead atoms. The van der Waals surface area contributed by atoms with Crippen molar-refractivity contribution in [3.05, 3.63) is 54.7 Å². The van der Waals surface area contributed by atoms with Crippen LogP contribution in [0.4, 0.5) is 5.82 Å². The van der Waals surface area contributed by atoms with E-state index in [4.69, 9.17) is 0 Å². The first-order valence-corrected chi connectivity index (χ1v) is 6.93. The Balaban J connectivity index is 1.97. The van der Waals surface area contributed by atoms with Crippen molar-refractivity contribution < 1.29 is 0 Å². The molecule has 0 saturated heterocycles. The largest absolute Gasteiger partial charge is 0.370 e. The standard InChI is InChI=1S/C17H17N3/c1-2-10-18-16-9-11-19-17(20-16)15-8-7-13-5-3-4-6-14(13)12-15/h3-9,11-12H,2,10H2,1H3,(H,18,19,20). The fraction of sp³-hybridized carbons (Fsp3) is 0.176. The summed E-state index contributed by atoms with van der Waals surface area (Å²) < 4.78 is 0. The van der Waals surface area contributed by atoms with Gasteiger partial charge in [0.25, 0.3) is 0 Å². The molecule has 2 aromatic carbocycles. The summed E-state index contributed by atoms with van der Waals surface area (Å²) in [5.74, 6) is 1.64. The SMILES string of the molecule is CCCNc1ccnc(-c2ccc3ccccc3c2)n1. The quantitative estimate of drug-likeness (QED) is 0.769. The van der Waals surface area contributed by atoms with Crippen molar-refractivity contribution in [2.45, 2.75) is 13.3 Å². The zero-order valence-electron chi connectivity index (χ0n) is 11.5. The molecule has 3 nitrogen and oxygen atoms in total. The molecule has 3 aromatic rings. The third kappa shape index (κ3) is 2.62. The predicted octanol–water partition coefficient (Wildman–Crippen LogP) is 4.12. The maximum Gasteiger partial charge on any atom is 0.161 e. The molecule has 1 aromatic heterocycles. The first kappa shape index (κ1) is 12.6. The summed E-state index contributed by atoms with van der Waals surface area (Å²) in [6, 6.07) is 16.5. The van der Waals surface area contributed by atoms with Crippen molar-refractivity contribution in [3.8, 4) is 11.4 Å². The van der Waals surface area contributed by atoms with Gasteiger partial charge in [0.15, 0.2) is 5.82 Å². The van der Waals surface area contributed by atoms with Crippen LogP contribution in [0.2, 0.25) is 0 Å². The Kier molecular flexibility index (Phi) is 3.59. The van der Waals surface area contributed by atoms with Gasteiger partial charge in [0.1, 0.15) is 5.82 Å². The number of rotatable bonds is 4. The Labute approximate surface area is 118 Å². The molecule has 1 heterocycles. The van der Waals surface area contributed by atoms with Gasteiger partial charge in [-0.05, 0) is 29.3 Å². The van der Waals surface area contributed by atoms with Gasteiger partial charge in [0.05, 0.1) is 0 Å². The molecular formula is C17H17N3. The molecule has 0 unspecified atom stereocenters. The Morgan fingerprint density at radius 2 is 1.85 bits per heavy atom. The van der Waals surface area contributed by atoms with E-state index in [-0.39, 0.29) is 0 Å².